The van der Waals surface area contributed by atoms with E-state index in [1.165, 1.54) is 30.3 Å². The molecule has 0 saturated carbocycles. The van der Waals surface area contributed by atoms with Crippen molar-refractivity contribution < 1.29 is 22.7 Å². The molecule has 7 heteroatoms. The van der Waals surface area contributed by atoms with Crippen molar-refractivity contribution in [3.05, 3.63) is 59.9 Å². The number of hydrogen-bond acceptors (Lipinski definition) is 2. The fourth-order valence-electron chi connectivity index (χ4n) is 2.43. The van der Waals surface area contributed by atoms with Crippen LogP contribution in [0.25, 0.3) is 22.5 Å². The van der Waals surface area contributed by atoms with E-state index in [0.29, 0.717) is 0 Å². The Balaban J connectivity index is 2.05. The van der Waals surface area contributed by atoms with Gasteiger partial charge in [0.1, 0.15) is 11.6 Å². The lowest BCUT2D eigenvalue weighted by atomic mass is 10.00. The van der Waals surface area contributed by atoms with Gasteiger partial charge in [-0.1, -0.05) is 24.3 Å². The number of aromatic nitrogens is 2. The maximum Gasteiger partial charge on any atom is 0.273 e. The van der Waals surface area contributed by atoms with Crippen LogP contribution in [0.15, 0.2) is 48.5 Å². The largest absolute Gasteiger partial charge is 0.507 e. The SMILES string of the molecule is Oc1ccc(F)cc1-c1cc(-c2ccccc2C(F)C(F)F)[nH]n1. The molecule has 1 unspecified atom stereocenters. The third-order valence-corrected chi connectivity index (χ3v) is 3.58. The van der Waals surface area contributed by atoms with Gasteiger partial charge < -0.3 is 5.11 Å². The number of rotatable bonds is 4. The number of H-pyrrole nitrogens is 1. The van der Waals surface area contributed by atoms with E-state index >= 15 is 0 Å². The molecule has 0 saturated heterocycles. The monoisotopic (exact) mass is 336 g/mol. The zero-order chi connectivity index (χ0) is 17.3. The minimum Gasteiger partial charge on any atom is -0.507 e. The Bertz CT molecular complexity index is 863. The van der Waals surface area contributed by atoms with Crippen LogP contribution >= 0.6 is 0 Å². The molecule has 1 heterocycles. The average Bonchev–Trinajstić information content (AvgIpc) is 3.06. The molecule has 0 spiro atoms. The van der Waals surface area contributed by atoms with Gasteiger partial charge in [0, 0.05) is 16.7 Å². The van der Waals surface area contributed by atoms with E-state index < -0.39 is 18.4 Å². The molecule has 1 atom stereocenters. The van der Waals surface area contributed by atoms with E-state index in [1.54, 1.807) is 6.07 Å². The lowest BCUT2D eigenvalue weighted by Gasteiger charge is -2.11. The highest BCUT2D eigenvalue weighted by molar-refractivity contribution is 5.73. The Morgan fingerprint density at radius 1 is 0.958 bits per heavy atom. The molecule has 1 aromatic heterocycles. The highest BCUT2D eigenvalue weighted by Crippen LogP contribution is 2.35. The van der Waals surface area contributed by atoms with Gasteiger partial charge >= 0.3 is 0 Å². The van der Waals surface area contributed by atoms with E-state index in [1.807, 2.05) is 0 Å². The van der Waals surface area contributed by atoms with Gasteiger partial charge in [0.25, 0.3) is 6.43 Å². The second-order valence-electron chi connectivity index (χ2n) is 5.15. The summed E-state index contributed by atoms with van der Waals surface area (Å²) in [7, 11) is 0. The van der Waals surface area contributed by atoms with E-state index in [4.69, 9.17) is 0 Å². The molecular weight excluding hydrogens is 324 g/mol. The van der Waals surface area contributed by atoms with E-state index in [2.05, 4.69) is 10.2 Å². The summed E-state index contributed by atoms with van der Waals surface area (Å²) >= 11 is 0. The molecule has 2 aromatic carbocycles. The summed E-state index contributed by atoms with van der Waals surface area (Å²) in [4.78, 5) is 0. The Labute approximate surface area is 134 Å². The standard InChI is InChI=1S/C17H12F4N2O/c18-9-5-6-15(24)12(7-9)14-8-13(22-23-14)10-3-1-2-4-11(10)16(19)17(20)21/h1-8,16-17,24H,(H,22,23). The van der Waals surface area contributed by atoms with Gasteiger partial charge in [0.05, 0.1) is 11.4 Å². The lowest BCUT2D eigenvalue weighted by molar-refractivity contribution is 0.0498. The molecule has 24 heavy (non-hydrogen) atoms. The van der Waals surface area contributed by atoms with Gasteiger partial charge in [-0.3, -0.25) is 5.10 Å². The van der Waals surface area contributed by atoms with Crippen LogP contribution in [0.1, 0.15) is 11.7 Å². The molecule has 124 valence electrons. The minimum atomic E-state index is -3.15. The summed E-state index contributed by atoms with van der Waals surface area (Å²) in [5, 5.41) is 16.4. The third kappa shape index (κ3) is 2.97. The first-order valence-electron chi connectivity index (χ1n) is 7.03. The molecule has 3 aromatic rings. The fraction of sp³-hybridized carbons (Fsp3) is 0.118. The first-order chi connectivity index (χ1) is 11.5. The third-order valence-electron chi connectivity index (χ3n) is 3.58. The molecule has 0 amide bonds. The predicted molar refractivity (Wildman–Crippen MR) is 80.9 cm³/mol. The Morgan fingerprint density at radius 3 is 2.46 bits per heavy atom. The highest BCUT2D eigenvalue weighted by atomic mass is 19.3. The summed E-state index contributed by atoms with van der Waals surface area (Å²) in [5.41, 5.74) is 0.684. The maximum absolute atomic E-state index is 13.8. The average molecular weight is 336 g/mol. The van der Waals surface area contributed by atoms with Crippen LogP contribution in [0.4, 0.5) is 17.6 Å². The van der Waals surface area contributed by atoms with Crippen LogP contribution in [0.3, 0.4) is 0 Å². The number of aromatic hydroxyl groups is 1. The molecule has 3 rings (SSSR count). The number of nitrogens with one attached hydrogen (secondary N) is 1. The molecule has 3 nitrogen and oxygen atoms in total. The van der Waals surface area contributed by atoms with Gasteiger partial charge in [0.15, 0.2) is 6.17 Å². The molecule has 0 radical (unpaired) electrons. The Morgan fingerprint density at radius 2 is 1.71 bits per heavy atom. The molecule has 0 fully saturated rings. The first-order valence-corrected chi connectivity index (χ1v) is 7.03. The quantitative estimate of drug-likeness (QED) is 0.668. The number of hydrogen-bond donors (Lipinski definition) is 2. The molecule has 0 bridgehead atoms. The molecular formula is C17H12F4N2O. The topological polar surface area (TPSA) is 48.9 Å². The van der Waals surface area contributed by atoms with E-state index in [0.717, 1.165) is 12.1 Å². The molecule has 2 N–H and O–H groups in total. The van der Waals surface area contributed by atoms with Crippen LogP contribution in [-0.4, -0.2) is 21.7 Å². The first kappa shape index (κ1) is 16.0. The fourth-order valence-corrected chi connectivity index (χ4v) is 2.43. The van der Waals surface area contributed by atoms with Gasteiger partial charge in [-0.15, -0.1) is 0 Å². The van der Waals surface area contributed by atoms with Crippen molar-refractivity contribution in [3.8, 4) is 28.3 Å². The van der Waals surface area contributed by atoms with Crippen molar-refractivity contribution in [3.63, 3.8) is 0 Å². The van der Waals surface area contributed by atoms with Gasteiger partial charge in [0.2, 0.25) is 0 Å². The van der Waals surface area contributed by atoms with Crippen molar-refractivity contribution in [2.24, 2.45) is 0 Å². The summed E-state index contributed by atoms with van der Waals surface area (Å²) < 4.78 is 52.5. The molecule has 0 aliphatic carbocycles. The summed E-state index contributed by atoms with van der Waals surface area (Å²) in [6.45, 7) is 0. The highest BCUT2D eigenvalue weighted by Gasteiger charge is 2.25. The number of aromatic amines is 1. The van der Waals surface area contributed by atoms with E-state index in [-0.39, 0.29) is 33.8 Å². The zero-order valence-corrected chi connectivity index (χ0v) is 12.2. The second-order valence-corrected chi connectivity index (χ2v) is 5.15. The number of halogens is 4. The van der Waals surface area contributed by atoms with Crippen LogP contribution in [0.2, 0.25) is 0 Å². The lowest BCUT2D eigenvalue weighted by Crippen LogP contribution is -2.04. The van der Waals surface area contributed by atoms with Crippen LogP contribution < -0.4 is 0 Å². The predicted octanol–water partition coefficient (Wildman–Crippen LogP) is 4.86. The number of phenols is 1. The van der Waals surface area contributed by atoms with Crippen molar-refractivity contribution in [2.45, 2.75) is 12.6 Å². The van der Waals surface area contributed by atoms with Gasteiger partial charge in [-0.05, 0) is 24.3 Å². The van der Waals surface area contributed by atoms with Gasteiger partial charge in [-0.25, -0.2) is 17.6 Å². The zero-order valence-electron chi connectivity index (χ0n) is 12.2. The van der Waals surface area contributed by atoms with Crippen molar-refractivity contribution in [1.82, 2.24) is 10.2 Å². The Kier molecular flexibility index (Phi) is 4.24. The second kappa shape index (κ2) is 6.35. The number of benzene rings is 2. The Hall–Kier alpha value is -2.83. The van der Waals surface area contributed by atoms with Gasteiger partial charge in [-0.2, -0.15) is 5.10 Å². The van der Waals surface area contributed by atoms with Crippen LogP contribution in [0.5, 0.6) is 5.75 Å². The normalized spacial score (nSPS) is 12.5. The number of alkyl halides is 3. The smallest absolute Gasteiger partial charge is 0.273 e. The number of phenolic OH excluding ortho intramolecular Hbond substituents is 1. The van der Waals surface area contributed by atoms with Crippen LogP contribution in [0, 0.1) is 5.82 Å². The van der Waals surface area contributed by atoms with Crippen molar-refractivity contribution in [1.29, 1.82) is 0 Å². The summed E-state index contributed by atoms with van der Waals surface area (Å²) in [5.74, 6) is -0.743. The van der Waals surface area contributed by atoms with Crippen molar-refractivity contribution >= 4 is 0 Å². The molecule has 0 aliphatic rings. The minimum absolute atomic E-state index is 0.139. The maximum atomic E-state index is 13.8. The van der Waals surface area contributed by atoms with E-state index in [9.17, 15) is 22.7 Å². The molecule has 0 aliphatic heterocycles. The summed E-state index contributed by atoms with van der Waals surface area (Å²) in [6, 6.07) is 10.6. The number of nitrogens with zero attached hydrogens (tertiary/aromatic N) is 1. The van der Waals surface area contributed by atoms with Crippen LogP contribution in [-0.2, 0) is 0 Å². The van der Waals surface area contributed by atoms with Crippen molar-refractivity contribution in [2.75, 3.05) is 0 Å². The summed E-state index contributed by atoms with van der Waals surface area (Å²) in [6.07, 6.45) is -5.59.